The number of anilines is 1. The van der Waals surface area contributed by atoms with Crippen LogP contribution >= 0.6 is 22.6 Å². The Hall–Kier alpha value is -0.620. The molecule has 0 atom stereocenters. The van der Waals surface area contributed by atoms with Gasteiger partial charge in [0.2, 0.25) is 0 Å². The van der Waals surface area contributed by atoms with Crippen LogP contribution < -0.4 is 10.2 Å². The topological polar surface area (TPSA) is 33.5 Å². The number of carbonyl (C=O) groups excluding carboxylic acids is 1. The van der Waals surface area contributed by atoms with Crippen molar-refractivity contribution in [1.29, 1.82) is 0 Å². The number of hydrogen-bond acceptors (Lipinski definition) is 1. The molecule has 1 saturated heterocycles. The Balaban J connectivity index is 1.87. The van der Waals surface area contributed by atoms with Crippen LogP contribution in [0.5, 0.6) is 0 Å². The zero-order chi connectivity index (χ0) is 14.4. The summed E-state index contributed by atoms with van der Waals surface area (Å²) in [6.07, 6.45) is 6.51. The molecule has 0 spiro atoms. The molecule has 1 fully saturated rings. The van der Waals surface area contributed by atoms with E-state index in [0.717, 1.165) is 24.3 Å². The molecular formula is C16H24IN2O+. The van der Waals surface area contributed by atoms with Crippen LogP contribution in [-0.4, -0.2) is 25.5 Å². The molecule has 1 aromatic carbocycles. The number of aryl methyl sites for hydroxylation is 1. The number of rotatable bonds is 3. The maximum absolute atomic E-state index is 12.2. The van der Waals surface area contributed by atoms with Gasteiger partial charge in [0.15, 0.2) is 6.54 Å². The molecule has 1 aliphatic rings. The lowest BCUT2D eigenvalue weighted by Crippen LogP contribution is -3.13. The number of benzene rings is 1. The van der Waals surface area contributed by atoms with Gasteiger partial charge in [0.05, 0.1) is 13.1 Å². The summed E-state index contributed by atoms with van der Waals surface area (Å²) in [5.41, 5.74) is 2.08. The number of halogens is 1. The highest BCUT2D eigenvalue weighted by atomic mass is 127. The first-order chi connectivity index (χ1) is 9.65. The normalized spacial score (nSPS) is 17.3. The minimum absolute atomic E-state index is 0.143. The van der Waals surface area contributed by atoms with E-state index in [-0.39, 0.29) is 5.91 Å². The summed E-state index contributed by atoms with van der Waals surface area (Å²) >= 11 is 2.29. The Bertz CT molecular complexity index is 454. The van der Waals surface area contributed by atoms with E-state index in [9.17, 15) is 4.79 Å². The third kappa shape index (κ3) is 5.05. The lowest BCUT2D eigenvalue weighted by molar-refractivity contribution is -0.892. The van der Waals surface area contributed by atoms with Gasteiger partial charge < -0.3 is 10.2 Å². The smallest absolute Gasteiger partial charge is 0.279 e. The van der Waals surface area contributed by atoms with Crippen LogP contribution in [0.15, 0.2) is 18.2 Å². The van der Waals surface area contributed by atoms with Crippen molar-refractivity contribution in [3.8, 4) is 0 Å². The standard InChI is InChI=1S/C16H23IN2O/c1-13-11-14(17)7-8-15(13)18-16(20)12-19-9-5-3-2-4-6-10-19/h7-8,11H,2-6,9-10,12H2,1H3,(H,18,20)/p+1. The molecule has 0 saturated carbocycles. The SMILES string of the molecule is Cc1cc(I)ccc1NC(=O)C[NH+]1CCCCCCC1. The maximum atomic E-state index is 12.2. The fourth-order valence-corrected chi connectivity index (χ4v) is 3.42. The highest BCUT2D eigenvalue weighted by Gasteiger charge is 2.16. The van der Waals surface area contributed by atoms with Gasteiger partial charge in [-0.1, -0.05) is 6.42 Å². The summed E-state index contributed by atoms with van der Waals surface area (Å²) in [6.45, 7) is 4.92. The molecule has 2 N–H and O–H groups in total. The lowest BCUT2D eigenvalue weighted by Gasteiger charge is -2.21. The van der Waals surface area contributed by atoms with Crippen molar-refractivity contribution >= 4 is 34.2 Å². The summed E-state index contributed by atoms with van der Waals surface area (Å²) in [7, 11) is 0. The molecule has 0 radical (unpaired) electrons. The molecule has 1 aliphatic heterocycles. The number of likely N-dealkylation sites (tertiary alicyclic amines) is 1. The van der Waals surface area contributed by atoms with Gasteiger partial charge in [-0.3, -0.25) is 4.79 Å². The predicted octanol–water partition coefficient (Wildman–Crippen LogP) is 2.39. The van der Waals surface area contributed by atoms with Crippen molar-refractivity contribution in [2.45, 2.75) is 39.0 Å². The zero-order valence-corrected chi connectivity index (χ0v) is 14.3. The Morgan fingerprint density at radius 2 is 1.85 bits per heavy atom. The van der Waals surface area contributed by atoms with Crippen molar-refractivity contribution in [2.75, 3.05) is 25.0 Å². The molecule has 1 amide bonds. The van der Waals surface area contributed by atoms with Gasteiger partial charge in [-0.15, -0.1) is 0 Å². The minimum Gasteiger partial charge on any atom is -0.327 e. The quantitative estimate of drug-likeness (QED) is 0.768. The first-order valence-electron chi connectivity index (χ1n) is 7.55. The molecule has 1 aromatic rings. The van der Waals surface area contributed by atoms with E-state index in [1.165, 1.54) is 40.6 Å². The van der Waals surface area contributed by atoms with E-state index in [2.05, 4.69) is 34.0 Å². The highest BCUT2D eigenvalue weighted by molar-refractivity contribution is 14.1. The number of carbonyl (C=O) groups is 1. The molecular weight excluding hydrogens is 363 g/mol. The van der Waals surface area contributed by atoms with E-state index in [0.29, 0.717) is 6.54 Å². The Morgan fingerprint density at radius 3 is 2.50 bits per heavy atom. The van der Waals surface area contributed by atoms with Crippen LogP contribution in [0.2, 0.25) is 0 Å². The summed E-state index contributed by atoms with van der Waals surface area (Å²) in [4.78, 5) is 13.6. The summed E-state index contributed by atoms with van der Waals surface area (Å²) in [5, 5.41) is 3.06. The first-order valence-corrected chi connectivity index (χ1v) is 8.62. The van der Waals surface area contributed by atoms with Gasteiger partial charge in [0.25, 0.3) is 5.91 Å². The molecule has 0 unspecified atom stereocenters. The van der Waals surface area contributed by atoms with Crippen LogP contribution in [0.25, 0.3) is 0 Å². The van der Waals surface area contributed by atoms with Gasteiger partial charge >= 0.3 is 0 Å². The van der Waals surface area contributed by atoms with E-state index < -0.39 is 0 Å². The van der Waals surface area contributed by atoms with Crippen LogP contribution in [0.4, 0.5) is 5.69 Å². The van der Waals surface area contributed by atoms with Crippen molar-refractivity contribution in [3.05, 3.63) is 27.3 Å². The molecule has 4 heteroatoms. The first kappa shape index (κ1) is 15.8. The molecule has 0 bridgehead atoms. The largest absolute Gasteiger partial charge is 0.327 e. The van der Waals surface area contributed by atoms with E-state index in [4.69, 9.17) is 0 Å². The molecule has 20 heavy (non-hydrogen) atoms. The number of quaternary nitrogens is 1. The predicted molar refractivity (Wildman–Crippen MR) is 91.2 cm³/mol. The monoisotopic (exact) mass is 387 g/mol. The summed E-state index contributed by atoms with van der Waals surface area (Å²) in [5.74, 6) is 0.143. The average Bonchev–Trinajstić information content (AvgIpc) is 2.36. The van der Waals surface area contributed by atoms with Gasteiger partial charge in [-0.2, -0.15) is 0 Å². The fraction of sp³-hybridized carbons (Fsp3) is 0.562. The van der Waals surface area contributed by atoms with Crippen molar-refractivity contribution < 1.29 is 9.69 Å². The second kappa shape index (κ2) is 7.98. The second-order valence-corrected chi connectivity index (χ2v) is 6.95. The molecule has 1 heterocycles. The zero-order valence-electron chi connectivity index (χ0n) is 12.2. The van der Waals surface area contributed by atoms with Gasteiger partial charge in [0.1, 0.15) is 0 Å². The maximum Gasteiger partial charge on any atom is 0.279 e. The fourth-order valence-electron chi connectivity index (χ4n) is 2.77. The number of amides is 1. The lowest BCUT2D eigenvalue weighted by atomic mass is 10.1. The summed E-state index contributed by atoms with van der Waals surface area (Å²) < 4.78 is 1.20. The van der Waals surface area contributed by atoms with Crippen LogP contribution in [0.3, 0.4) is 0 Å². The molecule has 2 rings (SSSR count). The van der Waals surface area contributed by atoms with Crippen LogP contribution in [0, 0.1) is 10.5 Å². The average molecular weight is 387 g/mol. The molecule has 0 aliphatic carbocycles. The van der Waals surface area contributed by atoms with Crippen molar-refractivity contribution in [2.24, 2.45) is 0 Å². The Labute approximate surface area is 135 Å². The number of hydrogen-bond donors (Lipinski definition) is 2. The van der Waals surface area contributed by atoms with E-state index >= 15 is 0 Å². The second-order valence-electron chi connectivity index (χ2n) is 5.70. The summed E-state index contributed by atoms with van der Waals surface area (Å²) in [6, 6.07) is 6.13. The van der Waals surface area contributed by atoms with Crippen molar-refractivity contribution in [3.63, 3.8) is 0 Å². The molecule has 0 aromatic heterocycles. The van der Waals surface area contributed by atoms with E-state index in [1.807, 2.05) is 19.1 Å². The third-order valence-electron chi connectivity index (χ3n) is 3.93. The van der Waals surface area contributed by atoms with Gasteiger partial charge in [-0.05, 0) is 79.0 Å². The van der Waals surface area contributed by atoms with Gasteiger partial charge in [-0.25, -0.2) is 0 Å². The molecule has 3 nitrogen and oxygen atoms in total. The van der Waals surface area contributed by atoms with E-state index in [1.54, 1.807) is 0 Å². The van der Waals surface area contributed by atoms with Crippen LogP contribution in [0.1, 0.15) is 37.7 Å². The van der Waals surface area contributed by atoms with Crippen molar-refractivity contribution in [1.82, 2.24) is 0 Å². The van der Waals surface area contributed by atoms with Crippen LogP contribution in [-0.2, 0) is 4.79 Å². The Morgan fingerprint density at radius 1 is 1.20 bits per heavy atom. The Kier molecular flexibility index (Phi) is 6.29. The number of nitrogens with one attached hydrogen (secondary N) is 2. The highest BCUT2D eigenvalue weighted by Crippen LogP contribution is 2.17. The van der Waals surface area contributed by atoms with Gasteiger partial charge in [0, 0.05) is 9.26 Å². The molecule has 110 valence electrons. The minimum atomic E-state index is 0.143. The third-order valence-corrected chi connectivity index (χ3v) is 4.60.